The average Bonchev–Trinajstić information content (AvgIpc) is 3.53. The van der Waals surface area contributed by atoms with E-state index in [-0.39, 0.29) is 18.9 Å². The van der Waals surface area contributed by atoms with Gasteiger partial charge in [0.15, 0.2) is 12.6 Å². The highest BCUT2D eigenvalue weighted by Crippen LogP contribution is 2.30. The van der Waals surface area contributed by atoms with Crippen LogP contribution >= 0.6 is 0 Å². The number of nitrogens with one attached hydrogen (secondary N) is 1. The van der Waals surface area contributed by atoms with Crippen molar-refractivity contribution < 1.29 is 64.6 Å². The molecule has 80 heavy (non-hydrogen) atoms. The first kappa shape index (κ1) is 74.6. The number of allylic oxidation sites excluding steroid dienone is 3. The number of unbranched alkanes of at least 4 members (excludes halogenated alkanes) is 40. The van der Waals surface area contributed by atoms with Gasteiger partial charge in [-0.3, -0.25) is 4.79 Å². The maximum Gasteiger partial charge on any atom is 0.220 e. The van der Waals surface area contributed by atoms with Crippen molar-refractivity contribution in [1.29, 1.82) is 0 Å². The summed E-state index contributed by atoms with van der Waals surface area (Å²) in [6.45, 7) is 2.75. The minimum Gasteiger partial charge on any atom is -0.394 e. The molecule has 2 aliphatic rings. The smallest absolute Gasteiger partial charge is 0.220 e. The highest BCUT2D eigenvalue weighted by atomic mass is 16.7. The zero-order chi connectivity index (χ0) is 58.1. The summed E-state index contributed by atoms with van der Waals surface area (Å²) in [6, 6.07) is -0.908. The van der Waals surface area contributed by atoms with E-state index in [1.807, 2.05) is 6.08 Å². The van der Waals surface area contributed by atoms with Crippen LogP contribution in [0.15, 0.2) is 24.3 Å². The van der Waals surface area contributed by atoms with E-state index in [1.165, 1.54) is 218 Å². The predicted octanol–water partition coefficient (Wildman–Crippen LogP) is 12.8. The van der Waals surface area contributed by atoms with Gasteiger partial charge < -0.3 is 65.1 Å². The van der Waals surface area contributed by atoms with Crippen LogP contribution in [0.1, 0.15) is 296 Å². The van der Waals surface area contributed by atoms with Crippen LogP contribution in [0, 0.1) is 0 Å². The van der Waals surface area contributed by atoms with Crippen LogP contribution in [0.25, 0.3) is 0 Å². The topological polar surface area (TPSA) is 228 Å². The third-order valence-electron chi connectivity index (χ3n) is 16.6. The molecular formula is C66H125NO13. The second-order valence-electron chi connectivity index (χ2n) is 24.0. The van der Waals surface area contributed by atoms with Gasteiger partial charge in [0.05, 0.1) is 32.0 Å². The number of aliphatic hydroxyl groups is 8. The highest BCUT2D eigenvalue weighted by molar-refractivity contribution is 5.76. The fourth-order valence-corrected chi connectivity index (χ4v) is 11.2. The lowest BCUT2D eigenvalue weighted by molar-refractivity contribution is -0.359. The number of aliphatic hydroxyl groups excluding tert-OH is 8. The second kappa shape index (κ2) is 51.9. The Morgan fingerprint density at radius 2 is 0.787 bits per heavy atom. The quantitative estimate of drug-likeness (QED) is 0.0204. The Hall–Kier alpha value is -1.53. The van der Waals surface area contributed by atoms with Gasteiger partial charge in [-0.1, -0.05) is 269 Å². The largest absolute Gasteiger partial charge is 0.394 e. The van der Waals surface area contributed by atoms with Crippen LogP contribution in [0.3, 0.4) is 0 Å². The number of ether oxygens (including phenoxy) is 4. The molecule has 12 unspecified atom stereocenters. The van der Waals surface area contributed by atoms with E-state index in [2.05, 4.69) is 31.3 Å². The summed E-state index contributed by atoms with van der Waals surface area (Å²) in [5, 5.41) is 86.7. The number of hydrogen-bond donors (Lipinski definition) is 9. The fourth-order valence-electron chi connectivity index (χ4n) is 11.2. The Bertz CT molecular complexity index is 1440. The molecule has 1 amide bonds. The zero-order valence-corrected chi connectivity index (χ0v) is 51.1. The van der Waals surface area contributed by atoms with Gasteiger partial charge in [-0.2, -0.15) is 0 Å². The van der Waals surface area contributed by atoms with Gasteiger partial charge >= 0.3 is 0 Å². The molecule has 0 aromatic carbocycles. The molecule has 2 aliphatic heterocycles. The predicted molar refractivity (Wildman–Crippen MR) is 323 cm³/mol. The summed E-state index contributed by atoms with van der Waals surface area (Å²) in [5.74, 6) is -0.238. The van der Waals surface area contributed by atoms with Gasteiger partial charge in [0, 0.05) is 6.42 Å². The molecule has 0 saturated carbocycles. The summed E-state index contributed by atoms with van der Waals surface area (Å²) >= 11 is 0. The zero-order valence-electron chi connectivity index (χ0n) is 51.1. The van der Waals surface area contributed by atoms with Crippen molar-refractivity contribution in [2.75, 3.05) is 19.8 Å². The highest BCUT2D eigenvalue weighted by Gasteiger charge is 2.51. The van der Waals surface area contributed by atoms with E-state index in [0.717, 1.165) is 51.4 Å². The van der Waals surface area contributed by atoms with Gasteiger partial charge in [-0.15, -0.1) is 0 Å². The van der Waals surface area contributed by atoms with Gasteiger partial charge in [0.25, 0.3) is 0 Å². The van der Waals surface area contributed by atoms with E-state index in [9.17, 15) is 45.6 Å². The molecule has 0 radical (unpaired) electrons. The summed E-state index contributed by atoms with van der Waals surface area (Å²) in [4.78, 5) is 13.2. The summed E-state index contributed by atoms with van der Waals surface area (Å²) in [5.41, 5.74) is 0. The maximum atomic E-state index is 13.2. The summed E-state index contributed by atoms with van der Waals surface area (Å²) in [6.07, 6.45) is 47.5. The molecule has 14 heteroatoms. The molecule has 0 bridgehead atoms. The third-order valence-corrected chi connectivity index (χ3v) is 16.6. The van der Waals surface area contributed by atoms with Crippen LogP contribution in [0.4, 0.5) is 0 Å². The van der Waals surface area contributed by atoms with Crippen molar-refractivity contribution in [2.45, 2.75) is 370 Å². The van der Waals surface area contributed by atoms with Gasteiger partial charge in [0.2, 0.25) is 5.91 Å². The van der Waals surface area contributed by atoms with Crippen LogP contribution < -0.4 is 5.32 Å². The van der Waals surface area contributed by atoms with E-state index < -0.39 is 86.8 Å². The molecule has 0 aromatic rings. The van der Waals surface area contributed by atoms with Crippen molar-refractivity contribution in [3.8, 4) is 0 Å². The molecule has 0 aromatic heterocycles. The van der Waals surface area contributed by atoms with E-state index >= 15 is 0 Å². The maximum absolute atomic E-state index is 13.2. The molecular weight excluding hydrogens is 1010 g/mol. The Morgan fingerprint density at radius 1 is 0.438 bits per heavy atom. The molecule has 2 saturated heterocycles. The molecule has 2 fully saturated rings. The first-order chi connectivity index (χ1) is 39.1. The van der Waals surface area contributed by atoms with Crippen molar-refractivity contribution in [1.82, 2.24) is 5.32 Å². The monoisotopic (exact) mass is 1140 g/mol. The molecule has 9 N–H and O–H groups in total. The van der Waals surface area contributed by atoms with E-state index in [0.29, 0.717) is 6.42 Å². The standard InChI is InChI=1S/C66H125NO13/c1-3-5-7-9-11-12-13-14-15-16-17-18-19-20-21-22-23-24-25-26-27-28-29-30-31-32-33-34-35-36-37-38-39-40-41-42-44-46-48-50-58(71)67-54(55(70)49-47-45-43-10-8-6-4-2)53-77-65-63(76)61(74)64(57(52-69)79-65)80-66-62(75)60(73)59(72)56(51-68)78-66/h16-17,47,49,54-57,59-66,68-70,72-76H,3-15,18-46,48,50-53H2,1-2H3,(H,67,71)/b17-16-,49-47+. The Morgan fingerprint density at radius 3 is 1.19 bits per heavy atom. The molecule has 0 aliphatic carbocycles. The summed E-state index contributed by atoms with van der Waals surface area (Å²) in [7, 11) is 0. The molecule has 2 heterocycles. The Kier molecular flexibility index (Phi) is 48.3. The SMILES string of the molecule is CCCCCCC/C=C/C(O)C(COC1OC(CO)C(OC2OC(CO)C(O)C(O)C2O)C(O)C1O)NC(=O)CCCCCCCCCCCCCCCCCCCCCCCCCCCCC/C=C\CCCCCCCCCC. The first-order valence-corrected chi connectivity index (χ1v) is 33.6. The lowest BCUT2D eigenvalue weighted by Gasteiger charge is -2.46. The molecule has 2 rings (SSSR count). The van der Waals surface area contributed by atoms with Crippen molar-refractivity contribution >= 4 is 5.91 Å². The van der Waals surface area contributed by atoms with Crippen LogP contribution in [-0.2, 0) is 23.7 Å². The van der Waals surface area contributed by atoms with Crippen LogP contribution in [0.5, 0.6) is 0 Å². The molecule has 0 spiro atoms. The molecule has 12 atom stereocenters. The fraction of sp³-hybridized carbons (Fsp3) is 0.924. The summed E-state index contributed by atoms with van der Waals surface area (Å²) < 4.78 is 22.7. The van der Waals surface area contributed by atoms with Gasteiger partial charge in [-0.25, -0.2) is 0 Å². The minimum absolute atomic E-state index is 0.238. The van der Waals surface area contributed by atoms with Gasteiger partial charge in [-0.05, 0) is 44.9 Å². The number of carbonyl (C=O) groups excluding carboxylic acids is 1. The van der Waals surface area contributed by atoms with Crippen molar-refractivity contribution in [3.63, 3.8) is 0 Å². The van der Waals surface area contributed by atoms with Crippen LogP contribution in [-0.4, -0.2) is 140 Å². The third kappa shape index (κ3) is 36.3. The Labute approximate surface area is 488 Å². The number of hydrogen-bond acceptors (Lipinski definition) is 13. The average molecular weight is 1140 g/mol. The number of rotatable bonds is 55. The van der Waals surface area contributed by atoms with Crippen LogP contribution in [0.2, 0.25) is 0 Å². The second-order valence-corrected chi connectivity index (χ2v) is 24.0. The normalized spacial score (nSPS) is 24.3. The molecule has 472 valence electrons. The van der Waals surface area contributed by atoms with Gasteiger partial charge in [0.1, 0.15) is 48.8 Å². The lowest BCUT2D eigenvalue weighted by Crippen LogP contribution is -2.65. The Balaban J connectivity index is 1.48. The van der Waals surface area contributed by atoms with Crippen molar-refractivity contribution in [2.24, 2.45) is 0 Å². The first-order valence-electron chi connectivity index (χ1n) is 33.6. The lowest BCUT2D eigenvalue weighted by atomic mass is 9.97. The van der Waals surface area contributed by atoms with Crippen molar-refractivity contribution in [3.05, 3.63) is 24.3 Å². The number of amides is 1. The minimum atomic E-state index is -1.79. The molecule has 14 nitrogen and oxygen atoms in total. The van der Waals surface area contributed by atoms with E-state index in [1.54, 1.807) is 6.08 Å². The number of carbonyl (C=O) groups is 1. The van der Waals surface area contributed by atoms with E-state index in [4.69, 9.17) is 18.9 Å².